The Labute approximate surface area is 77.6 Å². The van der Waals surface area contributed by atoms with E-state index in [4.69, 9.17) is 5.73 Å². The fourth-order valence-corrected chi connectivity index (χ4v) is 3.23. The van der Waals surface area contributed by atoms with Crippen molar-refractivity contribution in [3.8, 4) is 0 Å². The highest BCUT2D eigenvalue weighted by atomic mass is 32.1. The summed E-state index contributed by atoms with van der Waals surface area (Å²) in [5, 5.41) is 2.20. The van der Waals surface area contributed by atoms with Crippen LogP contribution in [0.3, 0.4) is 0 Å². The average molecular weight is 181 g/mol. The third kappa shape index (κ3) is 1.29. The molecule has 2 rings (SSSR count). The SMILES string of the molecule is C[C@H](N)[C@@H]1CCCc2ccsc21. The van der Waals surface area contributed by atoms with Crippen molar-refractivity contribution in [3.63, 3.8) is 0 Å². The quantitative estimate of drug-likeness (QED) is 0.708. The Balaban J connectivity index is 2.31. The summed E-state index contributed by atoms with van der Waals surface area (Å²) in [4.78, 5) is 1.55. The molecule has 2 atom stereocenters. The van der Waals surface area contributed by atoms with Crippen molar-refractivity contribution in [2.75, 3.05) is 0 Å². The molecule has 2 N–H and O–H groups in total. The molecule has 0 radical (unpaired) electrons. The molecule has 12 heavy (non-hydrogen) atoms. The van der Waals surface area contributed by atoms with Crippen molar-refractivity contribution in [1.82, 2.24) is 0 Å². The molecule has 0 saturated carbocycles. The van der Waals surface area contributed by atoms with E-state index in [0.717, 1.165) is 0 Å². The van der Waals surface area contributed by atoms with Crippen LogP contribution in [0.5, 0.6) is 0 Å². The zero-order valence-electron chi connectivity index (χ0n) is 7.42. The van der Waals surface area contributed by atoms with Crippen molar-refractivity contribution in [3.05, 3.63) is 21.9 Å². The van der Waals surface area contributed by atoms with E-state index in [1.54, 1.807) is 10.4 Å². The molecule has 1 aliphatic rings. The van der Waals surface area contributed by atoms with E-state index in [0.29, 0.717) is 12.0 Å². The molecule has 2 heteroatoms. The maximum absolute atomic E-state index is 5.95. The zero-order valence-corrected chi connectivity index (χ0v) is 8.23. The number of hydrogen-bond acceptors (Lipinski definition) is 2. The minimum Gasteiger partial charge on any atom is -0.327 e. The predicted molar refractivity (Wildman–Crippen MR) is 53.6 cm³/mol. The van der Waals surface area contributed by atoms with Gasteiger partial charge in [-0.15, -0.1) is 11.3 Å². The lowest BCUT2D eigenvalue weighted by atomic mass is 9.85. The van der Waals surface area contributed by atoms with Crippen LogP contribution < -0.4 is 5.73 Å². The Morgan fingerprint density at radius 3 is 3.25 bits per heavy atom. The molecular formula is C10H15NS. The van der Waals surface area contributed by atoms with Gasteiger partial charge in [0.05, 0.1) is 0 Å². The van der Waals surface area contributed by atoms with Gasteiger partial charge < -0.3 is 5.73 Å². The first-order chi connectivity index (χ1) is 5.79. The van der Waals surface area contributed by atoms with E-state index < -0.39 is 0 Å². The number of thiophene rings is 1. The van der Waals surface area contributed by atoms with Gasteiger partial charge >= 0.3 is 0 Å². The molecule has 0 spiro atoms. The molecule has 1 aromatic heterocycles. The molecule has 0 bridgehead atoms. The van der Waals surface area contributed by atoms with Crippen LogP contribution in [-0.2, 0) is 6.42 Å². The standard InChI is InChI=1S/C10H15NS/c1-7(11)9-4-2-3-8-5-6-12-10(8)9/h5-7,9H,2-4,11H2,1H3/t7-,9-/m0/s1. The van der Waals surface area contributed by atoms with Crippen LogP contribution in [-0.4, -0.2) is 6.04 Å². The van der Waals surface area contributed by atoms with E-state index >= 15 is 0 Å². The Hall–Kier alpha value is -0.340. The smallest absolute Gasteiger partial charge is 0.0123 e. The minimum absolute atomic E-state index is 0.322. The molecule has 1 aliphatic carbocycles. The van der Waals surface area contributed by atoms with Crippen LogP contribution >= 0.6 is 11.3 Å². The van der Waals surface area contributed by atoms with Gasteiger partial charge in [-0.25, -0.2) is 0 Å². The summed E-state index contributed by atoms with van der Waals surface area (Å²) in [5.41, 5.74) is 7.50. The summed E-state index contributed by atoms with van der Waals surface area (Å²) in [6.07, 6.45) is 3.86. The predicted octanol–water partition coefficient (Wildman–Crippen LogP) is 2.52. The highest BCUT2D eigenvalue weighted by molar-refractivity contribution is 7.10. The average Bonchev–Trinajstić information content (AvgIpc) is 2.49. The maximum Gasteiger partial charge on any atom is 0.0123 e. The third-order valence-electron chi connectivity index (χ3n) is 2.71. The first-order valence-electron chi connectivity index (χ1n) is 4.61. The largest absolute Gasteiger partial charge is 0.327 e. The molecule has 0 aliphatic heterocycles. The molecule has 0 aromatic carbocycles. The zero-order chi connectivity index (χ0) is 8.55. The minimum atomic E-state index is 0.322. The van der Waals surface area contributed by atoms with Gasteiger partial charge in [0.2, 0.25) is 0 Å². The Morgan fingerprint density at radius 2 is 2.50 bits per heavy atom. The van der Waals surface area contributed by atoms with Gasteiger partial charge in [-0.3, -0.25) is 0 Å². The van der Waals surface area contributed by atoms with E-state index in [2.05, 4.69) is 18.4 Å². The van der Waals surface area contributed by atoms with Crippen molar-refractivity contribution in [2.45, 2.75) is 38.1 Å². The molecule has 66 valence electrons. The van der Waals surface area contributed by atoms with Gasteiger partial charge in [0.15, 0.2) is 0 Å². The Morgan fingerprint density at radius 1 is 1.67 bits per heavy atom. The first kappa shape index (κ1) is 8.27. The van der Waals surface area contributed by atoms with Gasteiger partial charge in [-0.2, -0.15) is 0 Å². The summed E-state index contributed by atoms with van der Waals surface area (Å²) in [6.45, 7) is 2.12. The lowest BCUT2D eigenvalue weighted by molar-refractivity contribution is 0.494. The second-order valence-corrected chi connectivity index (χ2v) is 4.62. The summed E-state index contributed by atoms with van der Waals surface area (Å²) >= 11 is 1.88. The summed E-state index contributed by atoms with van der Waals surface area (Å²) in [5.74, 6) is 0.633. The second-order valence-electron chi connectivity index (χ2n) is 3.67. The molecule has 1 heterocycles. The summed E-state index contributed by atoms with van der Waals surface area (Å²) in [7, 11) is 0. The van der Waals surface area contributed by atoms with Crippen LogP contribution in [0.25, 0.3) is 0 Å². The van der Waals surface area contributed by atoms with E-state index in [-0.39, 0.29) is 0 Å². The molecular weight excluding hydrogens is 166 g/mol. The van der Waals surface area contributed by atoms with Gasteiger partial charge in [0, 0.05) is 16.8 Å². The van der Waals surface area contributed by atoms with Crippen LogP contribution in [0.2, 0.25) is 0 Å². The highest BCUT2D eigenvalue weighted by Crippen LogP contribution is 2.36. The van der Waals surface area contributed by atoms with E-state index in [1.165, 1.54) is 19.3 Å². The number of hydrogen-bond donors (Lipinski definition) is 1. The lowest BCUT2D eigenvalue weighted by Gasteiger charge is -2.25. The van der Waals surface area contributed by atoms with Gasteiger partial charge in [-0.1, -0.05) is 0 Å². The van der Waals surface area contributed by atoms with Crippen molar-refractivity contribution in [1.29, 1.82) is 0 Å². The van der Waals surface area contributed by atoms with Gasteiger partial charge in [-0.05, 0) is 43.2 Å². The fourth-order valence-electron chi connectivity index (χ4n) is 2.02. The van der Waals surface area contributed by atoms with E-state index in [1.807, 2.05) is 11.3 Å². The molecule has 0 unspecified atom stereocenters. The van der Waals surface area contributed by atoms with Gasteiger partial charge in [0.25, 0.3) is 0 Å². The monoisotopic (exact) mass is 181 g/mol. The molecule has 0 amide bonds. The van der Waals surface area contributed by atoms with E-state index in [9.17, 15) is 0 Å². The van der Waals surface area contributed by atoms with Crippen LogP contribution in [0.1, 0.15) is 36.1 Å². The van der Waals surface area contributed by atoms with Crippen molar-refractivity contribution < 1.29 is 0 Å². The second kappa shape index (κ2) is 3.19. The summed E-state index contributed by atoms with van der Waals surface area (Å²) < 4.78 is 0. The molecule has 1 nitrogen and oxygen atoms in total. The normalized spacial score (nSPS) is 25.0. The number of rotatable bonds is 1. The van der Waals surface area contributed by atoms with Crippen LogP contribution in [0.15, 0.2) is 11.4 Å². The maximum atomic E-state index is 5.95. The van der Waals surface area contributed by atoms with Crippen molar-refractivity contribution >= 4 is 11.3 Å². The summed E-state index contributed by atoms with van der Waals surface area (Å²) in [6, 6.07) is 2.58. The van der Waals surface area contributed by atoms with Gasteiger partial charge in [0.1, 0.15) is 0 Å². The molecule has 0 fully saturated rings. The Kier molecular flexibility index (Phi) is 2.20. The molecule has 1 aromatic rings. The first-order valence-corrected chi connectivity index (χ1v) is 5.49. The van der Waals surface area contributed by atoms with Crippen molar-refractivity contribution in [2.24, 2.45) is 5.73 Å². The number of fused-ring (bicyclic) bond motifs is 1. The van der Waals surface area contributed by atoms with Crippen LogP contribution in [0, 0.1) is 0 Å². The number of aryl methyl sites for hydroxylation is 1. The third-order valence-corrected chi connectivity index (χ3v) is 3.80. The fraction of sp³-hybridized carbons (Fsp3) is 0.600. The Bertz CT molecular complexity index is 265. The topological polar surface area (TPSA) is 26.0 Å². The lowest BCUT2D eigenvalue weighted by Crippen LogP contribution is -2.26. The number of nitrogens with two attached hydrogens (primary N) is 1. The van der Waals surface area contributed by atoms with Crippen LogP contribution in [0.4, 0.5) is 0 Å². The molecule has 0 saturated heterocycles. The highest BCUT2D eigenvalue weighted by Gasteiger charge is 2.23.